The van der Waals surface area contributed by atoms with Gasteiger partial charge in [-0.3, -0.25) is 0 Å². The van der Waals surface area contributed by atoms with E-state index in [1.165, 1.54) is 12.1 Å². The zero-order valence-electron chi connectivity index (χ0n) is 8.87. The average molecular weight is 238 g/mol. The van der Waals surface area contributed by atoms with Crippen LogP contribution in [0.4, 0.5) is 14.9 Å². The van der Waals surface area contributed by atoms with Gasteiger partial charge in [-0.1, -0.05) is 6.08 Å². The van der Waals surface area contributed by atoms with E-state index in [1.54, 1.807) is 0 Å². The topological polar surface area (TPSA) is 78.4 Å². The van der Waals surface area contributed by atoms with Gasteiger partial charge in [0.2, 0.25) is 0 Å². The highest BCUT2D eigenvalue weighted by Gasteiger charge is 2.11. The first-order chi connectivity index (χ1) is 8.04. The summed E-state index contributed by atoms with van der Waals surface area (Å²) >= 11 is 0. The van der Waals surface area contributed by atoms with Crippen LogP contribution in [0.25, 0.3) is 0 Å². The standard InChI is InChI=1S/C11H11FN2O3/c1-2-5-13-11(17)14-7-3-4-8(10(15)16)9(12)6-7/h2-4,6H,1,5H2,(H,15,16)(H2,13,14,17). The van der Waals surface area contributed by atoms with E-state index in [-0.39, 0.29) is 12.2 Å². The number of nitrogens with one attached hydrogen (secondary N) is 2. The van der Waals surface area contributed by atoms with E-state index in [2.05, 4.69) is 17.2 Å². The molecule has 1 aromatic carbocycles. The van der Waals surface area contributed by atoms with Crippen molar-refractivity contribution in [3.8, 4) is 0 Å². The fourth-order valence-electron chi connectivity index (χ4n) is 1.11. The highest BCUT2D eigenvalue weighted by atomic mass is 19.1. The van der Waals surface area contributed by atoms with Crippen LogP contribution >= 0.6 is 0 Å². The zero-order valence-corrected chi connectivity index (χ0v) is 8.87. The molecule has 5 nitrogen and oxygen atoms in total. The lowest BCUT2D eigenvalue weighted by Gasteiger charge is -2.06. The predicted octanol–water partition coefficient (Wildman–Crippen LogP) is 1.83. The molecule has 1 aromatic rings. The summed E-state index contributed by atoms with van der Waals surface area (Å²) in [5.41, 5.74) is -0.267. The Hall–Kier alpha value is -2.37. The molecule has 17 heavy (non-hydrogen) atoms. The quantitative estimate of drug-likeness (QED) is 0.700. The minimum absolute atomic E-state index is 0.175. The van der Waals surface area contributed by atoms with Crippen LogP contribution in [0, 0.1) is 5.82 Å². The van der Waals surface area contributed by atoms with Crippen LogP contribution in [0.2, 0.25) is 0 Å². The van der Waals surface area contributed by atoms with Gasteiger partial charge in [0, 0.05) is 12.2 Å². The van der Waals surface area contributed by atoms with Crippen LogP contribution in [0.3, 0.4) is 0 Å². The maximum Gasteiger partial charge on any atom is 0.338 e. The van der Waals surface area contributed by atoms with E-state index in [1.807, 2.05) is 0 Å². The van der Waals surface area contributed by atoms with Crippen molar-refractivity contribution in [3.63, 3.8) is 0 Å². The molecule has 3 N–H and O–H groups in total. The summed E-state index contributed by atoms with van der Waals surface area (Å²) in [6.07, 6.45) is 1.49. The lowest BCUT2D eigenvalue weighted by atomic mass is 10.2. The van der Waals surface area contributed by atoms with Crippen LogP contribution in [0.1, 0.15) is 10.4 Å². The van der Waals surface area contributed by atoms with Crippen molar-refractivity contribution in [3.05, 3.63) is 42.2 Å². The number of aromatic carboxylic acids is 1. The maximum atomic E-state index is 13.2. The van der Waals surface area contributed by atoms with Crippen molar-refractivity contribution < 1.29 is 19.1 Å². The second-order valence-corrected chi connectivity index (χ2v) is 3.12. The van der Waals surface area contributed by atoms with E-state index >= 15 is 0 Å². The smallest absolute Gasteiger partial charge is 0.338 e. The Bertz CT molecular complexity index is 460. The van der Waals surface area contributed by atoms with Gasteiger partial charge in [-0.05, 0) is 18.2 Å². The molecule has 0 fully saturated rings. The van der Waals surface area contributed by atoms with Crippen molar-refractivity contribution in [1.29, 1.82) is 0 Å². The second kappa shape index (κ2) is 5.64. The van der Waals surface area contributed by atoms with E-state index in [0.717, 1.165) is 12.1 Å². The number of rotatable bonds is 4. The van der Waals surface area contributed by atoms with Gasteiger partial charge in [-0.15, -0.1) is 6.58 Å². The monoisotopic (exact) mass is 238 g/mol. The molecule has 0 atom stereocenters. The Balaban J connectivity index is 2.74. The SMILES string of the molecule is C=CCNC(=O)Nc1ccc(C(=O)O)c(F)c1. The Kier molecular flexibility index (Phi) is 4.21. The summed E-state index contributed by atoms with van der Waals surface area (Å²) < 4.78 is 13.2. The number of carboxylic acid groups (broad SMARTS) is 1. The Labute approximate surface area is 96.9 Å². The third-order valence-electron chi connectivity index (χ3n) is 1.86. The largest absolute Gasteiger partial charge is 0.478 e. The second-order valence-electron chi connectivity index (χ2n) is 3.12. The third-order valence-corrected chi connectivity index (χ3v) is 1.86. The van der Waals surface area contributed by atoms with Crippen molar-refractivity contribution in [2.75, 3.05) is 11.9 Å². The molecule has 0 spiro atoms. The van der Waals surface area contributed by atoms with E-state index in [4.69, 9.17) is 5.11 Å². The molecular formula is C11H11FN2O3. The molecule has 0 aromatic heterocycles. The molecule has 6 heteroatoms. The predicted molar refractivity (Wildman–Crippen MR) is 60.6 cm³/mol. The first kappa shape index (κ1) is 12.7. The fourth-order valence-corrected chi connectivity index (χ4v) is 1.11. The van der Waals surface area contributed by atoms with Gasteiger partial charge < -0.3 is 15.7 Å². The lowest BCUT2D eigenvalue weighted by molar-refractivity contribution is 0.0692. The summed E-state index contributed by atoms with van der Waals surface area (Å²) in [7, 11) is 0. The van der Waals surface area contributed by atoms with E-state index < -0.39 is 23.4 Å². The molecule has 2 amide bonds. The zero-order chi connectivity index (χ0) is 12.8. The minimum Gasteiger partial charge on any atom is -0.478 e. The molecule has 90 valence electrons. The van der Waals surface area contributed by atoms with Crippen molar-refractivity contribution in [2.24, 2.45) is 0 Å². The molecule has 0 aliphatic carbocycles. The summed E-state index contributed by atoms with van der Waals surface area (Å²) in [6, 6.07) is 2.81. The van der Waals surface area contributed by atoms with Crippen molar-refractivity contribution in [1.82, 2.24) is 5.32 Å². The number of urea groups is 1. The van der Waals surface area contributed by atoms with Gasteiger partial charge in [0.05, 0.1) is 5.56 Å². The summed E-state index contributed by atoms with van der Waals surface area (Å²) in [5, 5.41) is 13.4. The first-order valence-electron chi connectivity index (χ1n) is 4.73. The number of hydrogen-bond acceptors (Lipinski definition) is 2. The third kappa shape index (κ3) is 3.60. The molecular weight excluding hydrogens is 227 g/mol. The van der Waals surface area contributed by atoms with Crippen LogP contribution in [0.15, 0.2) is 30.9 Å². The Morgan fingerprint density at radius 1 is 1.47 bits per heavy atom. The van der Waals surface area contributed by atoms with Crippen LogP contribution in [0.5, 0.6) is 0 Å². The summed E-state index contributed by atoms with van der Waals surface area (Å²) in [5.74, 6) is -2.26. The molecule has 0 aliphatic heterocycles. The van der Waals surface area contributed by atoms with E-state index in [9.17, 15) is 14.0 Å². The van der Waals surface area contributed by atoms with E-state index in [0.29, 0.717) is 0 Å². The number of benzene rings is 1. The van der Waals surface area contributed by atoms with Crippen molar-refractivity contribution >= 4 is 17.7 Å². The highest BCUT2D eigenvalue weighted by Crippen LogP contribution is 2.14. The number of carboxylic acids is 1. The van der Waals surface area contributed by atoms with Crippen LogP contribution < -0.4 is 10.6 Å². The van der Waals surface area contributed by atoms with Crippen LogP contribution in [-0.2, 0) is 0 Å². The number of hydrogen-bond donors (Lipinski definition) is 3. The molecule has 0 saturated carbocycles. The minimum atomic E-state index is -1.36. The van der Waals surface area contributed by atoms with Crippen LogP contribution in [-0.4, -0.2) is 23.7 Å². The number of carbonyl (C=O) groups is 2. The molecule has 0 saturated heterocycles. The van der Waals surface area contributed by atoms with Gasteiger partial charge >= 0.3 is 12.0 Å². The molecule has 1 rings (SSSR count). The van der Waals surface area contributed by atoms with Crippen molar-refractivity contribution in [2.45, 2.75) is 0 Å². The maximum absolute atomic E-state index is 13.2. The number of amides is 2. The van der Waals surface area contributed by atoms with Gasteiger partial charge in [-0.25, -0.2) is 14.0 Å². The normalized spacial score (nSPS) is 9.47. The fraction of sp³-hybridized carbons (Fsp3) is 0.0909. The lowest BCUT2D eigenvalue weighted by Crippen LogP contribution is -2.28. The number of halogens is 1. The Morgan fingerprint density at radius 2 is 2.18 bits per heavy atom. The molecule has 0 radical (unpaired) electrons. The van der Waals surface area contributed by atoms with Gasteiger partial charge in [0.25, 0.3) is 0 Å². The molecule has 0 bridgehead atoms. The molecule has 0 unspecified atom stereocenters. The van der Waals surface area contributed by atoms with Gasteiger partial charge in [0.15, 0.2) is 0 Å². The van der Waals surface area contributed by atoms with Gasteiger partial charge in [0.1, 0.15) is 5.82 Å². The number of carbonyl (C=O) groups excluding carboxylic acids is 1. The summed E-state index contributed by atoms with van der Waals surface area (Å²) in [4.78, 5) is 21.7. The number of anilines is 1. The summed E-state index contributed by atoms with van der Waals surface area (Å²) in [6.45, 7) is 3.70. The molecule has 0 aliphatic rings. The molecule has 0 heterocycles. The average Bonchev–Trinajstić information content (AvgIpc) is 2.26. The van der Waals surface area contributed by atoms with Gasteiger partial charge in [-0.2, -0.15) is 0 Å². The Morgan fingerprint density at radius 3 is 2.71 bits per heavy atom. The first-order valence-corrected chi connectivity index (χ1v) is 4.73. The highest BCUT2D eigenvalue weighted by molar-refractivity contribution is 5.91.